The van der Waals surface area contributed by atoms with E-state index in [9.17, 15) is 14.4 Å². The molecule has 3 unspecified atom stereocenters. The highest BCUT2D eigenvalue weighted by atomic mass is 16.2. The summed E-state index contributed by atoms with van der Waals surface area (Å²) in [6, 6.07) is 3.50. The van der Waals surface area contributed by atoms with Gasteiger partial charge in [0.2, 0.25) is 11.9 Å². The van der Waals surface area contributed by atoms with E-state index in [2.05, 4.69) is 19.9 Å². The Morgan fingerprint density at radius 2 is 1.88 bits per heavy atom. The third-order valence-corrected chi connectivity index (χ3v) is 7.40. The minimum absolute atomic E-state index is 0.0236. The first kappa shape index (κ1) is 20.8. The number of nitrogens with two attached hydrogens (primary N) is 1. The van der Waals surface area contributed by atoms with Crippen LogP contribution in [0, 0.1) is 5.92 Å². The molecule has 2 fully saturated rings. The second-order valence-electron chi connectivity index (χ2n) is 9.45. The fraction of sp³-hybridized carbons (Fsp3) is 0.417. The summed E-state index contributed by atoms with van der Waals surface area (Å²) in [4.78, 5) is 57.8. The summed E-state index contributed by atoms with van der Waals surface area (Å²) in [5.41, 5.74) is 8.15. The molecule has 3 aliphatic rings. The van der Waals surface area contributed by atoms with Crippen molar-refractivity contribution in [1.82, 2.24) is 29.7 Å². The summed E-state index contributed by atoms with van der Waals surface area (Å²) < 4.78 is 0. The van der Waals surface area contributed by atoms with E-state index in [1.807, 2.05) is 9.80 Å². The molecule has 0 aromatic carbocycles. The topological polar surface area (TPSA) is 138 Å². The second-order valence-corrected chi connectivity index (χ2v) is 9.45. The average Bonchev–Trinajstić information content (AvgIpc) is 3.11. The molecule has 3 atom stereocenters. The van der Waals surface area contributed by atoms with Crippen LogP contribution in [0.3, 0.4) is 0 Å². The van der Waals surface area contributed by atoms with Gasteiger partial charge >= 0.3 is 0 Å². The van der Waals surface area contributed by atoms with Crippen molar-refractivity contribution >= 4 is 28.7 Å². The Bertz CT molecular complexity index is 1360. The van der Waals surface area contributed by atoms with Crippen molar-refractivity contribution in [2.24, 2.45) is 5.92 Å². The summed E-state index contributed by atoms with van der Waals surface area (Å²) in [6.07, 6.45) is 8.67. The van der Waals surface area contributed by atoms with E-state index >= 15 is 0 Å². The molecule has 174 valence electrons. The Hall–Kier alpha value is -3.82. The molecule has 10 nitrogen and oxygen atoms in total. The lowest BCUT2D eigenvalue weighted by atomic mass is 9.86. The standard InChI is InChI=1S/C24H25N7O3/c25-24-28-9-15-8-14(1-4-19(15)29-24)23(34)31-17-2-3-18(31)12-30(11-17)22(33)16-7-13-5-6-26-21(32)20(13)27-10-16/h5-7,9-10,14,17-18H,1-4,8,11-12H2,(H,26,32)(H2,25,28,29). The van der Waals surface area contributed by atoms with Gasteiger partial charge in [-0.05, 0) is 49.8 Å². The molecular formula is C24H25N7O3. The molecule has 2 aliphatic heterocycles. The van der Waals surface area contributed by atoms with Gasteiger partial charge in [0.15, 0.2) is 0 Å². The van der Waals surface area contributed by atoms with Gasteiger partial charge in [-0.15, -0.1) is 0 Å². The Morgan fingerprint density at radius 3 is 2.68 bits per heavy atom. The molecule has 2 amide bonds. The van der Waals surface area contributed by atoms with E-state index in [0.717, 1.165) is 36.9 Å². The van der Waals surface area contributed by atoms with E-state index in [1.165, 1.54) is 6.20 Å². The number of fused-ring (bicyclic) bond motifs is 4. The van der Waals surface area contributed by atoms with Crippen LogP contribution in [0.5, 0.6) is 0 Å². The number of pyridine rings is 2. The van der Waals surface area contributed by atoms with Gasteiger partial charge in [-0.2, -0.15) is 0 Å². The van der Waals surface area contributed by atoms with Crippen LogP contribution in [0.15, 0.2) is 35.5 Å². The second kappa shape index (κ2) is 7.89. The summed E-state index contributed by atoms with van der Waals surface area (Å²) >= 11 is 0. The Labute approximate surface area is 195 Å². The van der Waals surface area contributed by atoms with Gasteiger partial charge in [0.25, 0.3) is 11.5 Å². The highest BCUT2D eigenvalue weighted by molar-refractivity contribution is 5.97. The number of carbonyl (C=O) groups excluding carboxylic acids is 2. The number of aromatic amines is 1. The predicted octanol–water partition coefficient (Wildman–Crippen LogP) is 0.916. The molecule has 34 heavy (non-hydrogen) atoms. The number of aryl methyl sites for hydroxylation is 1. The third kappa shape index (κ3) is 3.41. The smallest absolute Gasteiger partial charge is 0.274 e. The average molecular weight is 460 g/mol. The minimum atomic E-state index is -0.276. The molecule has 3 aromatic rings. The van der Waals surface area contributed by atoms with Crippen molar-refractivity contribution in [1.29, 1.82) is 0 Å². The number of nitrogens with zero attached hydrogens (tertiary/aromatic N) is 5. The lowest BCUT2D eigenvalue weighted by molar-refractivity contribution is -0.141. The molecule has 2 saturated heterocycles. The Balaban J connectivity index is 1.18. The molecule has 1 aliphatic carbocycles. The number of amides is 2. The number of rotatable bonds is 2. The van der Waals surface area contributed by atoms with Crippen molar-refractivity contribution in [3.63, 3.8) is 0 Å². The van der Waals surface area contributed by atoms with Gasteiger partial charge in [-0.25, -0.2) is 15.0 Å². The monoisotopic (exact) mass is 459 g/mol. The molecule has 0 saturated carbocycles. The van der Waals surface area contributed by atoms with E-state index < -0.39 is 0 Å². The molecule has 0 radical (unpaired) electrons. The van der Waals surface area contributed by atoms with Gasteiger partial charge < -0.3 is 20.5 Å². The maximum Gasteiger partial charge on any atom is 0.274 e. The molecule has 3 N–H and O–H groups in total. The Morgan fingerprint density at radius 1 is 1.09 bits per heavy atom. The number of likely N-dealkylation sites (tertiary alicyclic amines) is 1. The third-order valence-electron chi connectivity index (χ3n) is 7.40. The van der Waals surface area contributed by atoms with Crippen LogP contribution in [0.4, 0.5) is 5.95 Å². The van der Waals surface area contributed by atoms with Gasteiger partial charge in [-0.3, -0.25) is 14.4 Å². The Kier molecular flexibility index (Phi) is 4.82. The van der Waals surface area contributed by atoms with E-state index in [0.29, 0.717) is 36.0 Å². The zero-order valence-electron chi connectivity index (χ0n) is 18.6. The summed E-state index contributed by atoms with van der Waals surface area (Å²) in [7, 11) is 0. The summed E-state index contributed by atoms with van der Waals surface area (Å²) in [5.74, 6) is 0.248. The number of piperazine rings is 1. The summed E-state index contributed by atoms with van der Waals surface area (Å²) in [5, 5.41) is 0.634. The largest absolute Gasteiger partial charge is 0.368 e. The molecule has 3 aromatic heterocycles. The molecule has 2 bridgehead atoms. The van der Waals surface area contributed by atoms with Crippen LogP contribution in [0.25, 0.3) is 10.9 Å². The quantitative estimate of drug-likeness (QED) is 0.581. The van der Waals surface area contributed by atoms with Crippen molar-refractivity contribution in [3.8, 4) is 0 Å². The SMILES string of the molecule is Nc1ncc2c(n1)CCC(C(=O)N1C3CCC1CN(C(=O)c1cnc4c(=O)[nH]ccc4c1)C3)C2. The van der Waals surface area contributed by atoms with Gasteiger partial charge in [0.05, 0.1) is 5.56 Å². The van der Waals surface area contributed by atoms with Crippen LogP contribution in [0.2, 0.25) is 0 Å². The number of hydrogen-bond donors (Lipinski definition) is 2. The molecule has 5 heterocycles. The number of carbonyl (C=O) groups is 2. The van der Waals surface area contributed by atoms with E-state index in [1.54, 1.807) is 24.5 Å². The maximum atomic E-state index is 13.5. The zero-order valence-corrected chi connectivity index (χ0v) is 18.6. The zero-order chi connectivity index (χ0) is 23.4. The van der Waals surface area contributed by atoms with Crippen LogP contribution in [-0.4, -0.2) is 66.7 Å². The maximum absolute atomic E-state index is 13.5. The van der Waals surface area contributed by atoms with Crippen molar-refractivity contribution < 1.29 is 9.59 Å². The number of hydrogen-bond acceptors (Lipinski definition) is 7. The molecule has 6 rings (SSSR count). The fourth-order valence-corrected chi connectivity index (χ4v) is 5.75. The normalized spacial score (nSPS) is 23.7. The highest BCUT2D eigenvalue weighted by Crippen LogP contribution is 2.35. The first-order chi connectivity index (χ1) is 16.5. The van der Waals surface area contributed by atoms with Crippen LogP contribution in [-0.2, 0) is 17.6 Å². The van der Waals surface area contributed by atoms with Gasteiger partial charge in [0.1, 0.15) is 5.52 Å². The summed E-state index contributed by atoms with van der Waals surface area (Å²) in [6.45, 7) is 1.02. The van der Waals surface area contributed by atoms with Crippen LogP contribution >= 0.6 is 0 Å². The van der Waals surface area contributed by atoms with Crippen molar-refractivity contribution in [2.75, 3.05) is 18.8 Å². The highest BCUT2D eigenvalue weighted by Gasteiger charge is 2.45. The van der Waals surface area contributed by atoms with Crippen LogP contribution < -0.4 is 11.3 Å². The number of anilines is 1. The van der Waals surface area contributed by atoms with Crippen molar-refractivity contribution in [3.05, 3.63) is 57.9 Å². The fourth-order valence-electron chi connectivity index (χ4n) is 5.75. The van der Waals surface area contributed by atoms with Gasteiger partial charge in [0, 0.05) is 60.8 Å². The lowest BCUT2D eigenvalue weighted by Crippen LogP contribution is -2.58. The number of H-pyrrole nitrogens is 1. The minimum Gasteiger partial charge on any atom is -0.368 e. The van der Waals surface area contributed by atoms with E-state index in [4.69, 9.17) is 5.73 Å². The predicted molar refractivity (Wildman–Crippen MR) is 124 cm³/mol. The van der Waals surface area contributed by atoms with E-state index in [-0.39, 0.29) is 41.3 Å². The first-order valence-corrected chi connectivity index (χ1v) is 11.7. The number of nitrogen functional groups attached to an aromatic ring is 1. The van der Waals surface area contributed by atoms with Crippen LogP contribution in [0.1, 0.15) is 40.9 Å². The first-order valence-electron chi connectivity index (χ1n) is 11.7. The number of aromatic nitrogens is 4. The van der Waals surface area contributed by atoms with Crippen molar-refractivity contribution in [2.45, 2.75) is 44.2 Å². The molecule has 0 spiro atoms. The number of nitrogens with one attached hydrogen (secondary N) is 1. The van der Waals surface area contributed by atoms with Gasteiger partial charge in [-0.1, -0.05) is 0 Å². The molecular weight excluding hydrogens is 434 g/mol. The molecule has 10 heteroatoms. The lowest BCUT2D eigenvalue weighted by Gasteiger charge is -2.43.